The summed E-state index contributed by atoms with van der Waals surface area (Å²) in [5.41, 5.74) is 4.24. The molecule has 1 aliphatic heterocycles. The lowest BCUT2D eigenvalue weighted by Gasteiger charge is -2.34. The van der Waals surface area contributed by atoms with Crippen LogP contribution in [-0.4, -0.2) is 47.0 Å². The number of hydrogen-bond acceptors (Lipinski definition) is 4. The van der Waals surface area contributed by atoms with E-state index in [0.717, 1.165) is 61.7 Å². The predicted molar refractivity (Wildman–Crippen MR) is 110 cm³/mol. The summed E-state index contributed by atoms with van der Waals surface area (Å²) < 4.78 is 7.57. The number of piperazine rings is 1. The maximum Gasteiger partial charge on any atom is 0.119 e. The van der Waals surface area contributed by atoms with Crippen molar-refractivity contribution in [3.8, 4) is 11.8 Å². The van der Waals surface area contributed by atoms with Crippen molar-refractivity contribution in [3.05, 3.63) is 71.5 Å². The molecule has 0 saturated carbocycles. The van der Waals surface area contributed by atoms with Crippen LogP contribution in [0, 0.1) is 11.3 Å². The Kier molecular flexibility index (Phi) is 5.61. The van der Waals surface area contributed by atoms with E-state index in [1.165, 1.54) is 5.56 Å². The first-order valence-electron chi connectivity index (χ1n) is 9.92. The van der Waals surface area contributed by atoms with Crippen molar-refractivity contribution in [2.24, 2.45) is 0 Å². The normalized spacial score (nSPS) is 15.6. The predicted octanol–water partition coefficient (Wildman–Crippen LogP) is 3.53. The van der Waals surface area contributed by atoms with Crippen LogP contribution in [0.4, 0.5) is 0 Å². The second kappa shape index (κ2) is 8.47. The molecule has 1 saturated heterocycles. The Bertz CT molecular complexity index is 962. The Labute approximate surface area is 166 Å². The zero-order chi connectivity index (χ0) is 19.3. The summed E-state index contributed by atoms with van der Waals surface area (Å²) in [6.45, 7) is 8.64. The minimum atomic E-state index is 0.701. The first-order chi connectivity index (χ1) is 13.8. The quantitative estimate of drug-likeness (QED) is 0.662. The number of fused-ring (bicyclic) bond motifs is 1. The molecule has 0 spiro atoms. The second-order valence-corrected chi connectivity index (χ2v) is 7.26. The van der Waals surface area contributed by atoms with Crippen LogP contribution in [0.25, 0.3) is 5.52 Å². The van der Waals surface area contributed by atoms with Gasteiger partial charge in [0.05, 0.1) is 17.7 Å². The highest BCUT2D eigenvalue weighted by atomic mass is 16.5. The van der Waals surface area contributed by atoms with Crippen molar-refractivity contribution in [3.63, 3.8) is 0 Å². The van der Waals surface area contributed by atoms with Gasteiger partial charge in [-0.1, -0.05) is 18.2 Å². The molecule has 28 heavy (non-hydrogen) atoms. The van der Waals surface area contributed by atoms with Gasteiger partial charge in [0.15, 0.2) is 0 Å². The number of rotatable bonds is 6. The SMILES string of the molecule is CCOc1ccc(CN2CCN(Cc3cn4ccccc4c3C#N)CC2)cc1. The molecule has 0 unspecified atom stereocenters. The van der Waals surface area contributed by atoms with Crippen LogP contribution in [0.5, 0.6) is 5.75 Å². The van der Waals surface area contributed by atoms with Gasteiger partial charge in [0, 0.05) is 57.2 Å². The molecule has 0 radical (unpaired) electrons. The van der Waals surface area contributed by atoms with Crippen LogP contribution in [0.3, 0.4) is 0 Å². The van der Waals surface area contributed by atoms with Gasteiger partial charge in [-0.3, -0.25) is 9.80 Å². The van der Waals surface area contributed by atoms with Gasteiger partial charge in [-0.15, -0.1) is 0 Å². The highest BCUT2D eigenvalue weighted by Gasteiger charge is 2.19. The Hall–Kier alpha value is -2.81. The molecule has 3 aromatic rings. The molecule has 5 nitrogen and oxygen atoms in total. The molecule has 4 rings (SSSR count). The summed E-state index contributed by atoms with van der Waals surface area (Å²) >= 11 is 0. The van der Waals surface area contributed by atoms with E-state index in [0.29, 0.717) is 6.61 Å². The first-order valence-corrected chi connectivity index (χ1v) is 9.92. The Morgan fingerprint density at radius 1 is 0.964 bits per heavy atom. The van der Waals surface area contributed by atoms with Crippen LogP contribution < -0.4 is 4.74 Å². The third kappa shape index (κ3) is 4.04. The summed E-state index contributed by atoms with van der Waals surface area (Å²) in [5, 5.41) is 9.60. The number of ether oxygens (including phenoxy) is 1. The molecule has 0 atom stereocenters. The highest BCUT2D eigenvalue weighted by Crippen LogP contribution is 2.20. The lowest BCUT2D eigenvalue weighted by atomic mass is 10.1. The zero-order valence-electron chi connectivity index (χ0n) is 16.3. The van der Waals surface area contributed by atoms with Gasteiger partial charge in [-0.05, 0) is 36.8 Å². The molecule has 144 valence electrons. The minimum Gasteiger partial charge on any atom is -0.494 e. The molecule has 0 aliphatic carbocycles. The van der Waals surface area contributed by atoms with Gasteiger partial charge in [0.25, 0.3) is 0 Å². The van der Waals surface area contributed by atoms with E-state index >= 15 is 0 Å². The molecule has 0 amide bonds. The largest absolute Gasteiger partial charge is 0.494 e. The number of aromatic nitrogens is 1. The van der Waals surface area contributed by atoms with Gasteiger partial charge in [0.1, 0.15) is 11.8 Å². The Balaban J connectivity index is 1.34. The van der Waals surface area contributed by atoms with Crippen molar-refractivity contribution in [1.82, 2.24) is 14.2 Å². The monoisotopic (exact) mass is 374 g/mol. The number of nitrogens with zero attached hydrogens (tertiary/aromatic N) is 4. The highest BCUT2D eigenvalue weighted by molar-refractivity contribution is 5.65. The van der Waals surface area contributed by atoms with Crippen molar-refractivity contribution >= 4 is 5.52 Å². The molecule has 0 N–H and O–H groups in total. The summed E-state index contributed by atoms with van der Waals surface area (Å²) in [5.74, 6) is 0.935. The number of nitriles is 1. The standard InChI is InChI=1S/C23H26N4O/c1-2-28-21-8-6-19(7-9-21)16-25-11-13-26(14-12-25)17-20-18-27-10-4-3-5-23(27)22(20)15-24/h3-10,18H,2,11-14,16-17H2,1H3. The fourth-order valence-electron chi connectivity index (χ4n) is 3.89. The molecule has 2 aromatic heterocycles. The number of hydrogen-bond donors (Lipinski definition) is 0. The topological polar surface area (TPSA) is 43.9 Å². The van der Waals surface area contributed by atoms with Crippen molar-refractivity contribution in [2.45, 2.75) is 20.0 Å². The summed E-state index contributed by atoms with van der Waals surface area (Å²) in [7, 11) is 0. The molecular weight excluding hydrogens is 348 g/mol. The number of pyridine rings is 1. The lowest BCUT2D eigenvalue weighted by Crippen LogP contribution is -2.45. The number of benzene rings is 1. The minimum absolute atomic E-state index is 0.701. The van der Waals surface area contributed by atoms with E-state index < -0.39 is 0 Å². The molecule has 1 aliphatic rings. The smallest absolute Gasteiger partial charge is 0.119 e. The van der Waals surface area contributed by atoms with Gasteiger partial charge in [0.2, 0.25) is 0 Å². The van der Waals surface area contributed by atoms with Crippen LogP contribution in [-0.2, 0) is 13.1 Å². The molecule has 0 bridgehead atoms. The van der Waals surface area contributed by atoms with Crippen molar-refractivity contribution in [1.29, 1.82) is 5.26 Å². The average Bonchev–Trinajstić information content (AvgIpc) is 3.08. The third-order valence-electron chi connectivity index (χ3n) is 5.37. The lowest BCUT2D eigenvalue weighted by molar-refractivity contribution is 0.122. The third-order valence-corrected chi connectivity index (χ3v) is 5.37. The van der Waals surface area contributed by atoms with E-state index in [-0.39, 0.29) is 0 Å². The van der Waals surface area contributed by atoms with Crippen molar-refractivity contribution < 1.29 is 4.74 Å². The Morgan fingerprint density at radius 2 is 1.68 bits per heavy atom. The maximum atomic E-state index is 9.60. The second-order valence-electron chi connectivity index (χ2n) is 7.26. The summed E-state index contributed by atoms with van der Waals surface area (Å²) in [6.07, 6.45) is 4.11. The fraction of sp³-hybridized carbons (Fsp3) is 0.348. The summed E-state index contributed by atoms with van der Waals surface area (Å²) in [4.78, 5) is 4.94. The van der Waals surface area contributed by atoms with E-state index in [1.54, 1.807) is 0 Å². The van der Waals surface area contributed by atoms with Gasteiger partial charge in [-0.2, -0.15) is 5.26 Å². The molecule has 3 heterocycles. The Morgan fingerprint density at radius 3 is 2.36 bits per heavy atom. The molecule has 5 heteroatoms. The summed E-state index contributed by atoms with van der Waals surface area (Å²) in [6, 6.07) is 16.8. The zero-order valence-corrected chi connectivity index (χ0v) is 16.3. The van der Waals surface area contributed by atoms with E-state index in [4.69, 9.17) is 4.74 Å². The van der Waals surface area contributed by atoms with Crippen LogP contribution >= 0.6 is 0 Å². The van der Waals surface area contributed by atoms with E-state index in [2.05, 4.69) is 50.7 Å². The van der Waals surface area contributed by atoms with Gasteiger partial charge >= 0.3 is 0 Å². The van der Waals surface area contributed by atoms with Crippen LogP contribution in [0.15, 0.2) is 54.9 Å². The molecule has 1 fully saturated rings. The average molecular weight is 374 g/mol. The first kappa shape index (κ1) is 18.5. The van der Waals surface area contributed by atoms with Crippen LogP contribution in [0.1, 0.15) is 23.6 Å². The molecular formula is C23H26N4O. The maximum absolute atomic E-state index is 9.60. The van der Waals surface area contributed by atoms with Crippen molar-refractivity contribution in [2.75, 3.05) is 32.8 Å². The van der Waals surface area contributed by atoms with Crippen LogP contribution in [0.2, 0.25) is 0 Å². The molecule has 1 aromatic carbocycles. The van der Waals surface area contributed by atoms with Gasteiger partial charge < -0.3 is 9.14 Å². The fourth-order valence-corrected chi connectivity index (χ4v) is 3.89. The van der Waals surface area contributed by atoms with E-state index in [9.17, 15) is 5.26 Å². The van der Waals surface area contributed by atoms with E-state index in [1.807, 2.05) is 31.3 Å². The van der Waals surface area contributed by atoms with Gasteiger partial charge in [-0.25, -0.2) is 0 Å².